The van der Waals surface area contributed by atoms with Crippen LogP contribution in [0.4, 0.5) is 0 Å². The molecule has 0 N–H and O–H groups in total. The lowest BCUT2D eigenvalue weighted by molar-refractivity contribution is -0.122. The van der Waals surface area contributed by atoms with Gasteiger partial charge in [-0.25, -0.2) is 0 Å². The molecule has 0 radical (unpaired) electrons. The van der Waals surface area contributed by atoms with Crippen molar-refractivity contribution in [2.45, 2.75) is 25.7 Å². The maximum Gasteiger partial charge on any atom is 0.140 e. The second-order valence-corrected chi connectivity index (χ2v) is 5.48. The van der Waals surface area contributed by atoms with Gasteiger partial charge >= 0.3 is 0 Å². The van der Waals surface area contributed by atoms with Crippen molar-refractivity contribution in [1.29, 1.82) is 0 Å². The quantitative estimate of drug-likeness (QED) is 0.743. The fraction of sp³-hybridized carbons (Fsp3) is 0.583. The zero-order valence-electron chi connectivity index (χ0n) is 8.11. The summed E-state index contributed by atoms with van der Waals surface area (Å²) in [6.45, 7) is 0. The van der Waals surface area contributed by atoms with Crippen molar-refractivity contribution < 1.29 is 4.79 Å². The van der Waals surface area contributed by atoms with Gasteiger partial charge in [0.25, 0.3) is 0 Å². The third-order valence-electron chi connectivity index (χ3n) is 3.66. The standard InChI is InChI=1S/C12H14OS/c13-12(3-8-1-2-14-7-8)11-5-9-4-10(9)6-11/h1-2,7,9-11H,3-6H2. The Labute approximate surface area is 88.1 Å². The van der Waals surface area contributed by atoms with Gasteiger partial charge in [-0.15, -0.1) is 0 Å². The summed E-state index contributed by atoms with van der Waals surface area (Å²) in [5, 5.41) is 4.14. The average Bonchev–Trinajstić information content (AvgIpc) is 2.68. The van der Waals surface area contributed by atoms with E-state index in [-0.39, 0.29) is 0 Å². The highest BCUT2D eigenvalue weighted by molar-refractivity contribution is 7.07. The van der Waals surface area contributed by atoms with Crippen molar-refractivity contribution in [3.05, 3.63) is 22.4 Å². The second kappa shape index (κ2) is 3.20. The Bertz CT molecular complexity index is 331. The van der Waals surface area contributed by atoms with E-state index in [1.807, 2.05) is 0 Å². The van der Waals surface area contributed by atoms with E-state index in [1.54, 1.807) is 11.3 Å². The van der Waals surface area contributed by atoms with Crippen LogP contribution in [0.15, 0.2) is 16.8 Å². The van der Waals surface area contributed by atoms with Gasteiger partial charge < -0.3 is 0 Å². The molecule has 74 valence electrons. The Kier molecular flexibility index (Phi) is 1.98. The summed E-state index contributed by atoms with van der Waals surface area (Å²) in [4.78, 5) is 11.9. The summed E-state index contributed by atoms with van der Waals surface area (Å²) in [6.07, 6.45) is 4.46. The number of ketones is 1. The van der Waals surface area contributed by atoms with Crippen LogP contribution in [0.5, 0.6) is 0 Å². The molecule has 3 rings (SSSR count). The molecule has 14 heavy (non-hydrogen) atoms. The predicted octanol–water partition coefficient (Wildman–Crippen LogP) is 2.91. The van der Waals surface area contributed by atoms with E-state index >= 15 is 0 Å². The Morgan fingerprint density at radius 1 is 1.36 bits per heavy atom. The maximum atomic E-state index is 11.9. The first kappa shape index (κ1) is 8.66. The number of thiophene rings is 1. The van der Waals surface area contributed by atoms with Crippen LogP contribution in [-0.2, 0) is 11.2 Å². The number of carbonyl (C=O) groups excluding carboxylic acids is 1. The van der Waals surface area contributed by atoms with Gasteiger partial charge in [0.15, 0.2) is 0 Å². The Balaban J connectivity index is 1.60. The number of hydrogen-bond donors (Lipinski definition) is 0. The molecule has 2 fully saturated rings. The Morgan fingerprint density at radius 3 is 2.79 bits per heavy atom. The molecule has 2 aliphatic carbocycles. The van der Waals surface area contributed by atoms with Crippen molar-refractivity contribution in [2.24, 2.45) is 17.8 Å². The molecule has 1 heterocycles. The number of hydrogen-bond acceptors (Lipinski definition) is 2. The molecule has 2 saturated carbocycles. The van der Waals surface area contributed by atoms with Crippen LogP contribution in [-0.4, -0.2) is 5.78 Å². The van der Waals surface area contributed by atoms with E-state index in [9.17, 15) is 4.79 Å². The average molecular weight is 206 g/mol. The largest absolute Gasteiger partial charge is 0.299 e. The van der Waals surface area contributed by atoms with Gasteiger partial charge in [0, 0.05) is 12.3 Å². The molecule has 2 atom stereocenters. The Hall–Kier alpha value is -0.630. The first-order valence-corrected chi connectivity index (χ1v) is 6.31. The lowest BCUT2D eigenvalue weighted by Gasteiger charge is -2.08. The monoisotopic (exact) mass is 206 g/mol. The molecule has 0 amide bonds. The summed E-state index contributed by atoms with van der Waals surface area (Å²) in [6, 6.07) is 2.07. The fourth-order valence-corrected chi connectivity index (χ4v) is 3.39. The van der Waals surface area contributed by atoms with Gasteiger partial charge in [-0.3, -0.25) is 4.79 Å². The molecule has 1 aromatic rings. The summed E-state index contributed by atoms with van der Waals surface area (Å²) in [5.41, 5.74) is 1.21. The van der Waals surface area contributed by atoms with E-state index < -0.39 is 0 Å². The van der Waals surface area contributed by atoms with Gasteiger partial charge in [-0.05, 0) is 53.5 Å². The summed E-state index contributed by atoms with van der Waals surface area (Å²) in [5.74, 6) is 2.73. The normalized spacial score (nSPS) is 34.1. The van der Waals surface area contributed by atoms with Crippen LogP contribution in [0, 0.1) is 17.8 Å². The van der Waals surface area contributed by atoms with Crippen LogP contribution >= 0.6 is 11.3 Å². The predicted molar refractivity (Wildman–Crippen MR) is 57.4 cm³/mol. The summed E-state index contributed by atoms with van der Waals surface area (Å²) < 4.78 is 0. The second-order valence-electron chi connectivity index (χ2n) is 4.70. The highest BCUT2D eigenvalue weighted by Crippen LogP contribution is 2.54. The number of fused-ring (bicyclic) bond motifs is 1. The zero-order valence-corrected chi connectivity index (χ0v) is 8.93. The van der Waals surface area contributed by atoms with E-state index in [1.165, 1.54) is 24.8 Å². The highest BCUT2D eigenvalue weighted by Gasteiger charge is 2.47. The number of carbonyl (C=O) groups is 1. The topological polar surface area (TPSA) is 17.1 Å². The minimum atomic E-state index is 0.402. The zero-order chi connectivity index (χ0) is 9.54. The van der Waals surface area contributed by atoms with Crippen molar-refractivity contribution >= 4 is 17.1 Å². The molecule has 2 aliphatic rings. The molecule has 2 heteroatoms. The molecule has 0 aromatic carbocycles. The molecule has 1 aromatic heterocycles. The third kappa shape index (κ3) is 1.52. The summed E-state index contributed by atoms with van der Waals surface area (Å²) >= 11 is 1.68. The fourth-order valence-electron chi connectivity index (χ4n) is 2.72. The lowest BCUT2D eigenvalue weighted by Crippen LogP contribution is -2.14. The van der Waals surface area contributed by atoms with Crippen LogP contribution < -0.4 is 0 Å². The van der Waals surface area contributed by atoms with Crippen molar-refractivity contribution in [1.82, 2.24) is 0 Å². The number of rotatable bonds is 3. The van der Waals surface area contributed by atoms with Crippen molar-refractivity contribution in [3.63, 3.8) is 0 Å². The molecule has 0 spiro atoms. The van der Waals surface area contributed by atoms with E-state index in [4.69, 9.17) is 0 Å². The molecule has 2 unspecified atom stereocenters. The third-order valence-corrected chi connectivity index (χ3v) is 4.39. The van der Waals surface area contributed by atoms with E-state index in [0.717, 1.165) is 11.8 Å². The van der Waals surface area contributed by atoms with Gasteiger partial charge in [0.1, 0.15) is 5.78 Å². The molecule has 0 bridgehead atoms. The van der Waals surface area contributed by atoms with E-state index in [2.05, 4.69) is 16.8 Å². The minimum absolute atomic E-state index is 0.402. The van der Waals surface area contributed by atoms with Crippen LogP contribution in [0.1, 0.15) is 24.8 Å². The van der Waals surface area contributed by atoms with Gasteiger partial charge in [0.05, 0.1) is 0 Å². The molecular formula is C12H14OS. The summed E-state index contributed by atoms with van der Waals surface area (Å²) in [7, 11) is 0. The van der Waals surface area contributed by atoms with Crippen LogP contribution in [0.25, 0.3) is 0 Å². The van der Waals surface area contributed by atoms with E-state index in [0.29, 0.717) is 18.1 Å². The Morgan fingerprint density at radius 2 is 2.14 bits per heavy atom. The molecule has 0 saturated heterocycles. The van der Waals surface area contributed by atoms with Gasteiger partial charge in [-0.2, -0.15) is 11.3 Å². The number of Topliss-reactive ketones (excluding diaryl/α,β-unsaturated/α-hetero) is 1. The SMILES string of the molecule is O=C(Cc1ccsc1)C1CC2CC2C1. The molecule has 1 nitrogen and oxygen atoms in total. The lowest BCUT2D eigenvalue weighted by atomic mass is 9.94. The first-order chi connectivity index (χ1) is 6.83. The van der Waals surface area contributed by atoms with Crippen LogP contribution in [0.2, 0.25) is 0 Å². The first-order valence-electron chi connectivity index (χ1n) is 5.36. The molecule has 0 aliphatic heterocycles. The minimum Gasteiger partial charge on any atom is -0.299 e. The smallest absolute Gasteiger partial charge is 0.140 e. The molecular weight excluding hydrogens is 192 g/mol. The highest BCUT2D eigenvalue weighted by atomic mass is 32.1. The van der Waals surface area contributed by atoms with Crippen molar-refractivity contribution in [2.75, 3.05) is 0 Å². The van der Waals surface area contributed by atoms with Crippen molar-refractivity contribution in [3.8, 4) is 0 Å². The maximum absolute atomic E-state index is 11.9. The van der Waals surface area contributed by atoms with Gasteiger partial charge in [-0.1, -0.05) is 0 Å². The van der Waals surface area contributed by atoms with Crippen LogP contribution in [0.3, 0.4) is 0 Å². The van der Waals surface area contributed by atoms with Gasteiger partial charge in [0.2, 0.25) is 0 Å².